The third-order valence-corrected chi connectivity index (χ3v) is 7.57. The number of carbonyl (C=O) groups is 1. The molecule has 170 valence electrons. The van der Waals surface area contributed by atoms with Crippen LogP contribution in [0.3, 0.4) is 0 Å². The molecular formula is C23H27ClN4O3S. The van der Waals surface area contributed by atoms with E-state index in [9.17, 15) is 13.2 Å². The van der Waals surface area contributed by atoms with E-state index in [0.717, 1.165) is 18.5 Å². The van der Waals surface area contributed by atoms with Gasteiger partial charge in [0.2, 0.25) is 5.91 Å². The molecule has 0 aliphatic carbocycles. The molecule has 4 rings (SSSR count). The Bertz CT molecular complexity index is 1130. The van der Waals surface area contributed by atoms with Crippen molar-refractivity contribution in [1.82, 2.24) is 9.62 Å². The standard InChI is InChI=1S/C23H27ClN4O3S/c1-2-3-10-19(25-22-17-8-4-7-12-21(17)32(30,31)26-22)23(29)28-15-13-27(14-16-28)20-11-6-5-9-18(20)24/h4-9,11-12,19H,2-3,10,13-16H2,1H3,(H,25,26). The Kier molecular flexibility index (Phi) is 6.71. The number of anilines is 1. The van der Waals surface area contributed by atoms with Crippen LogP contribution in [0, 0.1) is 0 Å². The van der Waals surface area contributed by atoms with Crippen molar-refractivity contribution in [3.8, 4) is 0 Å². The molecule has 32 heavy (non-hydrogen) atoms. The fraction of sp³-hybridized carbons (Fsp3) is 0.391. The van der Waals surface area contributed by atoms with Crippen molar-refractivity contribution in [3.63, 3.8) is 0 Å². The highest BCUT2D eigenvalue weighted by Gasteiger charge is 2.33. The highest BCUT2D eigenvalue weighted by atomic mass is 35.5. The predicted octanol–water partition coefficient (Wildman–Crippen LogP) is 3.29. The molecule has 0 radical (unpaired) electrons. The van der Waals surface area contributed by atoms with Gasteiger partial charge in [-0.3, -0.25) is 14.5 Å². The second-order valence-corrected chi connectivity index (χ2v) is 10.1. The number of hydrogen-bond acceptors (Lipinski definition) is 5. The summed E-state index contributed by atoms with van der Waals surface area (Å²) < 4.78 is 27.4. The Morgan fingerprint density at radius 3 is 2.50 bits per heavy atom. The van der Waals surface area contributed by atoms with Gasteiger partial charge in [-0.25, -0.2) is 8.42 Å². The normalized spacial score (nSPS) is 19.5. The molecule has 2 aliphatic rings. The Labute approximate surface area is 194 Å². The van der Waals surface area contributed by atoms with Crippen LogP contribution in [0.15, 0.2) is 58.4 Å². The summed E-state index contributed by atoms with van der Waals surface area (Å²) in [5.41, 5.74) is 1.49. The summed E-state index contributed by atoms with van der Waals surface area (Å²) >= 11 is 6.33. The van der Waals surface area contributed by atoms with Crippen LogP contribution in [0.4, 0.5) is 5.69 Å². The molecule has 1 atom stereocenters. The molecule has 2 aromatic rings. The predicted molar refractivity (Wildman–Crippen MR) is 127 cm³/mol. The zero-order chi connectivity index (χ0) is 22.7. The number of carbonyl (C=O) groups excluding carboxylic acids is 1. The molecule has 1 fully saturated rings. The molecule has 2 aliphatic heterocycles. The zero-order valence-corrected chi connectivity index (χ0v) is 19.6. The summed E-state index contributed by atoms with van der Waals surface area (Å²) in [7, 11) is -3.64. The quantitative estimate of drug-likeness (QED) is 0.696. The molecule has 1 N–H and O–H groups in total. The number of unbranched alkanes of at least 4 members (excludes halogenated alkanes) is 1. The van der Waals surface area contributed by atoms with E-state index in [4.69, 9.17) is 11.6 Å². The van der Waals surface area contributed by atoms with E-state index < -0.39 is 16.1 Å². The van der Waals surface area contributed by atoms with E-state index in [1.807, 2.05) is 29.2 Å². The first kappa shape index (κ1) is 22.6. The number of nitrogens with one attached hydrogen (secondary N) is 1. The number of benzene rings is 2. The van der Waals surface area contributed by atoms with E-state index in [0.29, 0.717) is 43.2 Å². The van der Waals surface area contributed by atoms with Crippen molar-refractivity contribution >= 4 is 39.1 Å². The number of amidine groups is 1. The van der Waals surface area contributed by atoms with Gasteiger partial charge in [-0.05, 0) is 30.7 Å². The average Bonchev–Trinajstić information content (AvgIpc) is 3.06. The van der Waals surface area contributed by atoms with Crippen molar-refractivity contribution < 1.29 is 13.2 Å². The van der Waals surface area contributed by atoms with Gasteiger partial charge in [0.05, 0.1) is 15.6 Å². The SMILES string of the molecule is CCCCC(N=C1NS(=O)(=O)c2ccccc21)C(=O)N1CCN(c2ccccc2Cl)CC1. The third-order valence-electron chi connectivity index (χ3n) is 5.85. The molecule has 0 saturated carbocycles. The summed E-state index contributed by atoms with van der Waals surface area (Å²) in [5, 5.41) is 0.701. The molecule has 0 bridgehead atoms. The van der Waals surface area contributed by atoms with Gasteiger partial charge < -0.3 is 9.80 Å². The maximum atomic E-state index is 13.4. The second kappa shape index (κ2) is 9.50. The van der Waals surface area contributed by atoms with E-state index in [-0.39, 0.29) is 16.6 Å². The van der Waals surface area contributed by atoms with Crippen LogP contribution in [-0.4, -0.2) is 57.3 Å². The van der Waals surface area contributed by atoms with Crippen LogP contribution in [0.2, 0.25) is 5.02 Å². The minimum Gasteiger partial charge on any atom is -0.367 e. The number of aliphatic imine (C=N–C) groups is 1. The molecule has 9 heteroatoms. The van der Waals surface area contributed by atoms with Gasteiger partial charge in [0.1, 0.15) is 11.9 Å². The third kappa shape index (κ3) is 4.61. The Hall–Kier alpha value is -2.58. The Morgan fingerprint density at radius 1 is 1.09 bits per heavy atom. The van der Waals surface area contributed by atoms with Gasteiger partial charge in [0.15, 0.2) is 0 Å². The maximum absolute atomic E-state index is 13.4. The average molecular weight is 475 g/mol. The van der Waals surface area contributed by atoms with E-state index in [1.165, 1.54) is 0 Å². The van der Waals surface area contributed by atoms with E-state index >= 15 is 0 Å². The lowest BCUT2D eigenvalue weighted by molar-refractivity contribution is -0.133. The van der Waals surface area contributed by atoms with Crippen molar-refractivity contribution in [2.45, 2.75) is 37.1 Å². The summed E-state index contributed by atoms with van der Waals surface area (Å²) in [5.74, 6) is 0.193. The number of para-hydroxylation sites is 1. The summed E-state index contributed by atoms with van der Waals surface area (Å²) in [6.45, 7) is 4.56. The Balaban J connectivity index is 1.51. The van der Waals surface area contributed by atoms with Crippen LogP contribution in [0.1, 0.15) is 31.7 Å². The molecule has 1 amide bonds. The largest absolute Gasteiger partial charge is 0.367 e. The number of nitrogens with zero attached hydrogens (tertiary/aromatic N) is 3. The highest BCUT2D eigenvalue weighted by molar-refractivity contribution is 7.90. The first-order valence-corrected chi connectivity index (χ1v) is 12.7. The number of hydrogen-bond donors (Lipinski definition) is 1. The topological polar surface area (TPSA) is 82.1 Å². The monoisotopic (exact) mass is 474 g/mol. The molecule has 7 nitrogen and oxygen atoms in total. The number of amides is 1. The van der Waals surface area contributed by atoms with Crippen LogP contribution in [0.25, 0.3) is 0 Å². The zero-order valence-electron chi connectivity index (χ0n) is 18.0. The van der Waals surface area contributed by atoms with E-state index in [1.54, 1.807) is 24.3 Å². The fourth-order valence-electron chi connectivity index (χ4n) is 4.11. The van der Waals surface area contributed by atoms with Crippen molar-refractivity contribution in [3.05, 3.63) is 59.1 Å². The first-order valence-electron chi connectivity index (χ1n) is 10.9. The number of halogens is 1. The lowest BCUT2D eigenvalue weighted by Gasteiger charge is -2.37. The molecule has 0 aromatic heterocycles. The van der Waals surface area contributed by atoms with Gasteiger partial charge in [-0.15, -0.1) is 0 Å². The second-order valence-electron chi connectivity index (χ2n) is 8.00. The minimum absolute atomic E-state index is 0.0617. The fourth-order valence-corrected chi connectivity index (χ4v) is 5.61. The van der Waals surface area contributed by atoms with Gasteiger partial charge in [0, 0.05) is 31.7 Å². The number of rotatable bonds is 6. The van der Waals surface area contributed by atoms with Gasteiger partial charge in [0.25, 0.3) is 10.0 Å². The van der Waals surface area contributed by atoms with Gasteiger partial charge in [-0.2, -0.15) is 0 Å². The highest BCUT2D eigenvalue weighted by Crippen LogP contribution is 2.27. The summed E-state index contributed by atoms with van der Waals surface area (Å²) in [6, 6.07) is 13.8. The van der Waals surface area contributed by atoms with Crippen LogP contribution in [0.5, 0.6) is 0 Å². The van der Waals surface area contributed by atoms with E-state index in [2.05, 4.69) is 21.5 Å². The molecule has 2 heterocycles. The van der Waals surface area contributed by atoms with Crippen LogP contribution < -0.4 is 9.62 Å². The van der Waals surface area contributed by atoms with Crippen molar-refractivity contribution in [1.29, 1.82) is 0 Å². The van der Waals surface area contributed by atoms with Gasteiger partial charge in [-0.1, -0.05) is 55.6 Å². The minimum atomic E-state index is -3.64. The molecule has 1 unspecified atom stereocenters. The number of sulfonamides is 1. The van der Waals surface area contributed by atoms with Crippen LogP contribution in [-0.2, 0) is 14.8 Å². The van der Waals surface area contributed by atoms with Crippen molar-refractivity contribution in [2.75, 3.05) is 31.1 Å². The Morgan fingerprint density at radius 2 is 1.78 bits per heavy atom. The molecular weight excluding hydrogens is 448 g/mol. The summed E-state index contributed by atoms with van der Waals surface area (Å²) in [4.78, 5) is 22.2. The maximum Gasteiger partial charge on any atom is 0.263 e. The lowest BCUT2D eigenvalue weighted by atomic mass is 10.1. The van der Waals surface area contributed by atoms with Gasteiger partial charge >= 0.3 is 0 Å². The van der Waals surface area contributed by atoms with Crippen LogP contribution >= 0.6 is 11.6 Å². The number of fused-ring (bicyclic) bond motifs is 1. The first-order chi connectivity index (χ1) is 15.4. The molecule has 0 spiro atoms. The molecule has 2 aromatic carbocycles. The smallest absolute Gasteiger partial charge is 0.263 e. The summed E-state index contributed by atoms with van der Waals surface area (Å²) in [6.07, 6.45) is 2.34. The lowest BCUT2D eigenvalue weighted by Crippen LogP contribution is -2.51. The molecule has 1 saturated heterocycles. The number of piperazine rings is 1. The van der Waals surface area contributed by atoms with Crippen molar-refractivity contribution in [2.24, 2.45) is 4.99 Å².